The van der Waals surface area contributed by atoms with E-state index >= 15 is 0 Å². The summed E-state index contributed by atoms with van der Waals surface area (Å²) in [6.07, 6.45) is 7.84. The Bertz CT molecular complexity index is 225. The van der Waals surface area contributed by atoms with Crippen LogP contribution in [0.4, 0.5) is 0 Å². The Kier molecular flexibility index (Phi) is 4.37. The molecule has 0 bridgehead atoms. The maximum Gasteiger partial charge on any atom is 0.330 e. The summed E-state index contributed by atoms with van der Waals surface area (Å²) in [6.45, 7) is 7.78. The van der Waals surface area contributed by atoms with Crippen LogP contribution in [0.5, 0.6) is 0 Å². The van der Waals surface area contributed by atoms with E-state index < -0.39 is 0 Å². The van der Waals surface area contributed by atoms with Crippen LogP contribution < -0.4 is 0 Å². The Balaban J connectivity index is 2.55. The minimum absolute atomic E-state index is 0.197. The van der Waals surface area contributed by atoms with Crippen LogP contribution in [0.1, 0.15) is 52.4 Å². The van der Waals surface area contributed by atoms with Gasteiger partial charge < -0.3 is 4.74 Å². The van der Waals surface area contributed by atoms with Crippen molar-refractivity contribution in [2.75, 3.05) is 0 Å². The van der Waals surface area contributed by atoms with Crippen LogP contribution in [0.25, 0.3) is 0 Å². The SMILES string of the molecule is C=CC(=O)OC1(CC)CCC(CC)CC1. The van der Waals surface area contributed by atoms with E-state index in [0.29, 0.717) is 0 Å². The van der Waals surface area contributed by atoms with E-state index in [-0.39, 0.29) is 11.6 Å². The summed E-state index contributed by atoms with van der Waals surface area (Å²) in [7, 11) is 0. The van der Waals surface area contributed by atoms with Crippen LogP contribution in [-0.4, -0.2) is 11.6 Å². The molecule has 0 radical (unpaired) electrons. The fraction of sp³-hybridized carbons (Fsp3) is 0.769. The van der Waals surface area contributed by atoms with Gasteiger partial charge in [-0.25, -0.2) is 4.79 Å². The predicted molar refractivity (Wildman–Crippen MR) is 61.6 cm³/mol. The van der Waals surface area contributed by atoms with E-state index in [1.807, 2.05) is 0 Å². The largest absolute Gasteiger partial charge is 0.456 e. The molecule has 0 spiro atoms. The smallest absolute Gasteiger partial charge is 0.330 e. The molecule has 1 fully saturated rings. The molecule has 0 atom stereocenters. The zero-order chi connectivity index (χ0) is 11.3. The number of carbonyl (C=O) groups excluding carboxylic acids is 1. The fourth-order valence-electron chi connectivity index (χ4n) is 2.39. The monoisotopic (exact) mass is 210 g/mol. The second-order valence-corrected chi connectivity index (χ2v) is 4.51. The zero-order valence-electron chi connectivity index (χ0n) is 9.92. The molecular weight excluding hydrogens is 188 g/mol. The van der Waals surface area contributed by atoms with Gasteiger partial charge in [0.1, 0.15) is 5.60 Å². The van der Waals surface area contributed by atoms with E-state index in [1.54, 1.807) is 0 Å². The first-order chi connectivity index (χ1) is 7.15. The van der Waals surface area contributed by atoms with E-state index in [9.17, 15) is 4.79 Å². The minimum Gasteiger partial charge on any atom is -0.456 e. The first kappa shape index (κ1) is 12.3. The van der Waals surface area contributed by atoms with Gasteiger partial charge in [-0.05, 0) is 38.0 Å². The molecule has 0 aromatic rings. The lowest BCUT2D eigenvalue weighted by molar-refractivity contribution is -0.158. The Hall–Kier alpha value is -0.790. The molecule has 15 heavy (non-hydrogen) atoms. The van der Waals surface area contributed by atoms with Crippen molar-refractivity contribution < 1.29 is 9.53 Å². The van der Waals surface area contributed by atoms with Crippen molar-refractivity contribution >= 4 is 5.97 Å². The molecule has 0 heterocycles. The number of carbonyl (C=O) groups is 1. The lowest BCUT2D eigenvalue weighted by atomic mass is 9.76. The summed E-state index contributed by atoms with van der Waals surface area (Å²) in [5, 5.41) is 0. The first-order valence-corrected chi connectivity index (χ1v) is 6.01. The van der Waals surface area contributed by atoms with Crippen molar-refractivity contribution in [2.24, 2.45) is 5.92 Å². The van der Waals surface area contributed by atoms with Crippen molar-refractivity contribution in [2.45, 2.75) is 58.0 Å². The number of esters is 1. The second-order valence-electron chi connectivity index (χ2n) is 4.51. The standard InChI is InChI=1S/C13H22O2/c1-4-11-7-9-13(6-3,10-8-11)15-12(14)5-2/h5,11H,2,4,6-10H2,1,3H3. The number of rotatable bonds is 4. The van der Waals surface area contributed by atoms with Gasteiger partial charge in [-0.3, -0.25) is 0 Å². The predicted octanol–water partition coefficient (Wildman–Crippen LogP) is 3.46. The Morgan fingerprint density at radius 1 is 1.47 bits per heavy atom. The van der Waals surface area contributed by atoms with Gasteiger partial charge in [0.05, 0.1) is 0 Å². The molecule has 0 aromatic heterocycles. The van der Waals surface area contributed by atoms with Crippen molar-refractivity contribution in [1.82, 2.24) is 0 Å². The average molecular weight is 210 g/mol. The van der Waals surface area contributed by atoms with Crippen molar-refractivity contribution in [1.29, 1.82) is 0 Å². The van der Waals surface area contributed by atoms with Crippen LogP contribution in [0.15, 0.2) is 12.7 Å². The topological polar surface area (TPSA) is 26.3 Å². The Labute approximate surface area is 92.7 Å². The number of ether oxygens (including phenoxy) is 1. The van der Waals surface area contributed by atoms with Crippen LogP contribution >= 0.6 is 0 Å². The second kappa shape index (κ2) is 5.34. The summed E-state index contributed by atoms with van der Waals surface area (Å²) < 4.78 is 5.51. The van der Waals surface area contributed by atoms with Gasteiger partial charge in [0.25, 0.3) is 0 Å². The molecule has 0 saturated heterocycles. The zero-order valence-corrected chi connectivity index (χ0v) is 9.92. The van der Waals surface area contributed by atoms with Gasteiger partial charge in [-0.15, -0.1) is 0 Å². The highest BCUT2D eigenvalue weighted by molar-refractivity contribution is 5.81. The summed E-state index contributed by atoms with van der Waals surface area (Å²) >= 11 is 0. The quantitative estimate of drug-likeness (QED) is 0.524. The van der Waals surface area contributed by atoms with Crippen molar-refractivity contribution in [3.8, 4) is 0 Å². The molecule has 0 aromatic carbocycles. The highest BCUT2D eigenvalue weighted by Crippen LogP contribution is 2.38. The van der Waals surface area contributed by atoms with Gasteiger partial charge in [0, 0.05) is 6.08 Å². The molecule has 1 saturated carbocycles. The third kappa shape index (κ3) is 3.08. The normalized spacial score (nSPS) is 30.9. The molecular formula is C13H22O2. The molecule has 0 aliphatic heterocycles. The van der Waals surface area contributed by atoms with E-state index in [1.165, 1.54) is 25.3 Å². The van der Waals surface area contributed by atoms with Gasteiger partial charge in [-0.1, -0.05) is 26.8 Å². The van der Waals surface area contributed by atoms with Gasteiger partial charge >= 0.3 is 5.97 Å². The van der Waals surface area contributed by atoms with Gasteiger partial charge in [-0.2, -0.15) is 0 Å². The van der Waals surface area contributed by atoms with Crippen LogP contribution in [0.3, 0.4) is 0 Å². The molecule has 0 amide bonds. The molecule has 0 N–H and O–H groups in total. The number of hydrogen-bond acceptors (Lipinski definition) is 2. The highest BCUT2D eigenvalue weighted by atomic mass is 16.6. The fourth-order valence-corrected chi connectivity index (χ4v) is 2.39. The number of hydrogen-bond donors (Lipinski definition) is 0. The molecule has 1 aliphatic rings. The summed E-state index contributed by atoms with van der Waals surface area (Å²) in [5.41, 5.74) is -0.197. The third-order valence-electron chi connectivity index (χ3n) is 3.72. The van der Waals surface area contributed by atoms with Crippen molar-refractivity contribution in [3.05, 3.63) is 12.7 Å². The molecule has 2 nitrogen and oxygen atoms in total. The Morgan fingerprint density at radius 3 is 2.47 bits per heavy atom. The van der Waals surface area contributed by atoms with Crippen LogP contribution in [-0.2, 0) is 9.53 Å². The first-order valence-electron chi connectivity index (χ1n) is 6.01. The lowest BCUT2D eigenvalue weighted by Crippen LogP contribution is -2.38. The summed E-state index contributed by atoms with van der Waals surface area (Å²) in [6, 6.07) is 0. The Morgan fingerprint density at radius 2 is 2.07 bits per heavy atom. The van der Waals surface area contributed by atoms with E-state index in [0.717, 1.165) is 25.2 Å². The van der Waals surface area contributed by atoms with E-state index in [2.05, 4.69) is 20.4 Å². The lowest BCUT2D eigenvalue weighted by Gasteiger charge is -2.38. The minimum atomic E-state index is -0.271. The van der Waals surface area contributed by atoms with Crippen molar-refractivity contribution in [3.63, 3.8) is 0 Å². The molecule has 2 heteroatoms. The molecule has 1 rings (SSSR count). The maximum absolute atomic E-state index is 11.3. The highest BCUT2D eigenvalue weighted by Gasteiger charge is 2.36. The average Bonchev–Trinajstić information content (AvgIpc) is 2.30. The van der Waals surface area contributed by atoms with Crippen LogP contribution in [0, 0.1) is 5.92 Å². The molecule has 86 valence electrons. The summed E-state index contributed by atoms with van der Waals surface area (Å²) in [4.78, 5) is 11.3. The van der Waals surface area contributed by atoms with E-state index in [4.69, 9.17) is 4.74 Å². The third-order valence-corrected chi connectivity index (χ3v) is 3.72. The van der Waals surface area contributed by atoms with Gasteiger partial charge in [0.2, 0.25) is 0 Å². The van der Waals surface area contributed by atoms with Gasteiger partial charge in [0.15, 0.2) is 0 Å². The molecule has 0 unspecified atom stereocenters. The maximum atomic E-state index is 11.3. The molecule has 1 aliphatic carbocycles. The summed E-state index contributed by atoms with van der Waals surface area (Å²) in [5.74, 6) is 0.555. The van der Waals surface area contributed by atoms with Crippen LogP contribution in [0.2, 0.25) is 0 Å².